The van der Waals surface area contributed by atoms with Crippen molar-refractivity contribution >= 4 is 128 Å². The number of aromatic nitrogens is 1. The zero-order chi connectivity index (χ0) is 103. The molecule has 778 valence electrons. The predicted molar refractivity (Wildman–Crippen MR) is 515 cm³/mol. The topological polar surface area (TPSA) is 652 Å². The fourth-order valence-corrected chi connectivity index (χ4v) is 15.3. The van der Waals surface area contributed by atoms with Gasteiger partial charge in [-0.2, -0.15) is 8.42 Å². The van der Waals surface area contributed by atoms with Gasteiger partial charge in [-0.05, 0) is 98.4 Å². The van der Waals surface area contributed by atoms with E-state index in [0.717, 1.165) is 92.3 Å². The summed E-state index contributed by atoms with van der Waals surface area (Å²) in [6.07, 6.45) is 13.9. The molecule has 4 aromatic carbocycles. The van der Waals surface area contributed by atoms with Crippen LogP contribution in [0.5, 0.6) is 5.75 Å². The number of carbonyl (C=O) groups excluding carboxylic acids is 13. The summed E-state index contributed by atoms with van der Waals surface area (Å²) in [6.45, 7) is 1.60. The van der Waals surface area contributed by atoms with Gasteiger partial charge in [0.05, 0.1) is 59.0 Å². The minimum absolute atomic E-state index is 0.0164. The maximum Gasteiger partial charge on any atom is 0.446 e. The first-order chi connectivity index (χ1) is 67.4. The monoisotopic (exact) mass is 2000 g/mol. The number of H-pyrrole nitrogens is 1. The largest absolute Gasteiger partial charge is 0.481 e. The molecule has 5 rings (SSSR count). The van der Waals surface area contributed by atoms with Crippen LogP contribution < -0.4 is 68.4 Å². The Morgan fingerprint density at radius 2 is 0.929 bits per heavy atom. The maximum atomic E-state index is 15.1. The zero-order valence-corrected chi connectivity index (χ0v) is 81.2. The molecule has 141 heavy (non-hydrogen) atoms. The third-order valence-electron chi connectivity index (χ3n) is 22.7. The van der Waals surface area contributed by atoms with Crippen LogP contribution in [-0.4, -0.2) is 290 Å². The molecule has 5 aromatic rings. The van der Waals surface area contributed by atoms with Crippen LogP contribution in [0.15, 0.2) is 109 Å². The Labute approximate surface area is 819 Å². The van der Waals surface area contributed by atoms with Crippen LogP contribution in [0, 0.1) is 6.92 Å². The molecule has 0 aliphatic heterocycles. The first-order valence-corrected chi connectivity index (χ1v) is 48.9. The lowest BCUT2D eigenvalue weighted by molar-refractivity contribution is -0.152. The Morgan fingerprint density at radius 1 is 0.418 bits per heavy atom. The van der Waals surface area contributed by atoms with Gasteiger partial charge in [-0.15, -0.1) is 0 Å². The normalized spacial score (nSPS) is 12.9. The quantitative estimate of drug-likeness (QED) is 0.0188. The minimum atomic E-state index is -5.01. The number of carboxylic acid groups (broad SMARTS) is 4. The number of benzene rings is 4. The second-order valence-electron chi connectivity index (χ2n) is 34.0. The van der Waals surface area contributed by atoms with Gasteiger partial charge in [0.1, 0.15) is 67.3 Å². The van der Waals surface area contributed by atoms with Gasteiger partial charge in [-0.1, -0.05) is 176 Å². The van der Waals surface area contributed by atoms with Crippen molar-refractivity contribution in [1.82, 2.24) is 68.0 Å². The molecule has 0 bridgehead atoms. The van der Waals surface area contributed by atoms with Gasteiger partial charge >= 0.3 is 40.3 Å². The zero-order valence-electron chi connectivity index (χ0n) is 80.4. The number of hydrogen-bond acceptors (Lipinski definition) is 24. The summed E-state index contributed by atoms with van der Waals surface area (Å²) in [6, 6.07) is 14.0. The van der Waals surface area contributed by atoms with Crippen molar-refractivity contribution in [1.29, 1.82) is 0 Å². The number of fused-ring (bicyclic) bond motifs is 1. The highest BCUT2D eigenvalue weighted by Crippen LogP contribution is 2.24. The van der Waals surface area contributed by atoms with E-state index in [0.29, 0.717) is 40.6 Å². The molecule has 0 saturated carbocycles. The first kappa shape index (κ1) is 118. The van der Waals surface area contributed by atoms with E-state index in [9.17, 15) is 100 Å². The van der Waals surface area contributed by atoms with Gasteiger partial charge in [0.25, 0.3) is 0 Å². The second kappa shape index (κ2) is 66.4. The summed E-state index contributed by atoms with van der Waals surface area (Å²) < 4.78 is 58.6. The summed E-state index contributed by atoms with van der Waals surface area (Å²) in [5, 5.41) is 67.5. The van der Waals surface area contributed by atoms with Crippen LogP contribution in [0.1, 0.15) is 196 Å². The van der Waals surface area contributed by atoms with E-state index >= 15 is 9.59 Å². The summed E-state index contributed by atoms with van der Waals surface area (Å²) in [7, 11) is -2.64. The number of rotatable bonds is 75. The Kier molecular flexibility index (Phi) is 55.7. The molecule has 0 unspecified atom stereocenters. The maximum absolute atomic E-state index is 15.1. The fraction of sp³-hybridized carbons (Fsp3) is 0.552. The molecule has 0 radical (unpaired) electrons. The molecular weight excluding hydrogens is 1860 g/mol. The number of aryl methyl sites for hydroxylation is 1. The van der Waals surface area contributed by atoms with Crippen molar-refractivity contribution in [2.45, 2.75) is 248 Å². The number of nitrogens with one attached hydrogen (secondary N) is 12. The van der Waals surface area contributed by atoms with Crippen LogP contribution in [0.4, 0.5) is 10.5 Å². The molecule has 19 N–H and O–H groups in total. The lowest BCUT2D eigenvalue weighted by atomic mass is 10.0. The SMILES string of the molecule is CCCC[C@H](NC(=O)[C@H](Cc1ccc(OS(=O)(=O)O)cc1)NC(=O)[C@H](CC(=O)O)NC(=O)COCCOCCNC(=O)COCCOCCNC(=O)CC[C@H](NC(=O)CCCCCCCCCCCCCCCCC(=O)O)C(=O)O)C(=O)NCC(=O)N[C@@H](Cc1c[nH]c2ccccc12)C(=O)N[C@@H](CCCCNC(=O)Nc1ccccc1C)C(=O)N(C)[C@@H](CC(=O)O)C(=O)N(C)[C@@H](Cc1ccccc1)C(N)=O. The van der Waals surface area contributed by atoms with E-state index in [1.54, 1.807) is 98.9 Å². The van der Waals surface area contributed by atoms with E-state index in [-0.39, 0.29) is 148 Å². The number of nitrogens with two attached hydrogens (primary N) is 1. The molecule has 0 aliphatic carbocycles. The number of primary amides is 1. The number of aromatic amines is 1. The average molecular weight is 2000 g/mol. The Bertz CT molecular complexity index is 4950. The highest BCUT2D eigenvalue weighted by atomic mass is 32.3. The standard InChI is InChI=1S/C96H139N15O29S/c1-5-6-34-72(89(124)102-61-82(114)104-76(57-67-60-101-71-36-27-25-33-69(67)71)91(126)107-73(37-28-29-46-100-96(132)109-70-35-26-24-30-64(70)2)93(128)111(4)79(59-87(121)122)94(129)110(3)78(88(97)123)56-65-31-20-19-21-32-65)106-90(125)75(55-66-40-42-68(43-41-66)140-141(133,134)135)108-92(127)77(58-86(119)120)105-84(116)63-139-54-52-137-50-48-99-83(115)62-138-53-51-136-49-47-98-80(112)45-44-74(95(130)131)103-81(113)38-22-17-15-13-11-9-7-8-10-12-14-16-18-23-39-85(117)118/h19-21,24-27,30-33,35-36,40-43,60,72-79,101H,5-18,22-23,28-29,34,37-39,44-59,61-63H2,1-4H3,(H2,97,123)(H,98,112)(H,99,115)(H,102,124)(H,103,113)(H,104,114)(H,105,116)(H,106,125)(H,107,126)(H,108,127)(H,117,118)(H,119,120)(H,121,122)(H,130,131)(H2,100,109,132)(H,133,134,135)/t72-,73-,74-,75-,76-,77-,78-,79-/m0/s1. The van der Waals surface area contributed by atoms with Crippen LogP contribution in [0.3, 0.4) is 0 Å². The number of carboxylic acids is 4. The van der Waals surface area contributed by atoms with Crippen LogP contribution in [0.25, 0.3) is 10.9 Å². The molecule has 14 amide bonds. The van der Waals surface area contributed by atoms with Crippen molar-refractivity contribution in [3.05, 3.63) is 132 Å². The van der Waals surface area contributed by atoms with E-state index in [2.05, 4.69) is 67.7 Å². The highest BCUT2D eigenvalue weighted by molar-refractivity contribution is 7.81. The summed E-state index contributed by atoms with van der Waals surface area (Å²) in [5.41, 5.74) is 9.05. The molecule has 44 nitrogen and oxygen atoms in total. The van der Waals surface area contributed by atoms with Crippen molar-refractivity contribution in [2.75, 3.05) is 98.4 Å². The van der Waals surface area contributed by atoms with Crippen molar-refractivity contribution in [2.24, 2.45) is 5.73 Å². The third-order valence-corrected chi connectivity index (χ3v) is 23.1. The molecule has 8 atom stereocenters. The number of amides is 14. The number of anilines is 1. The van der Waals surface area contributed by atoms with Crippen molar-refractivity contribution in [3.63, 3.8) is 0 Å². The lowest BCUT2D eigenvalue weighted by Crippen LogP contribution is -2.59. The number of ether oxygens (including phenoxy) is 4. The van der Waals surface area contributed by atoms with Gasteiger partial charge in [0.2, 0.25) is 70.9 Å². The Balaban J connectivity index is 1.13. The molecule has 1 aromatic heterocycles. The minimum Gasteiger partial charge on any atom is -0.481 e. The molecule has 0 fully saturated rings. The van der Waals surface area contributed by atoms with Crippen LogP contribution in [0.2, 0.25) is 0 Å². The number of likely N-dealkylation sites (N-methyl/N-ethyl adjacent to an activating group) is 2. The van der Waals surface area contributed by atoms with E-state index < -0.39 is 192 Å². The highest BCUT2D eigenvalue weighted by Gasteiger charge is 2.40. The molecule has 0 spiro atoms. The molecule has 0 aliphatic rings. The van der Waals surface area contributed by atoms with Crippen LogP contribution in [-0.2, 0) is 125 Å². The van der Waals surface area contributed by atoms with E-state index in [4.69, 9.17) is 29.8 Å². The average Bonchev–Trinajstić information content (AvgIpc) is 1.70. The van der Waals surface area contributed by atoms with Gasteiger partial charge in [-0.25, -0.2) is 9.59 Å². The molecule has 0 saturated heterocycles. The number of para-hydroxylation sites is 2. The van der Waals surface area contributed by atoms with Gasteiger partial charge in [0.15, 0.2) is 0 Å². The Morgan fingerprint density at radius 3 is 1.52 bits per heavy atom. The number of urea groups is 1. The van der Waals surface area contributed by atoms with Gasteiger partial charge in [-0.3, -0.25) is 76.5 Å². The third kappa shape index (κ3) is 49.4. The van der Waals surface area contributed by atoms with Crippen molar-refractivity contribution in [3.8, 4) is 5.75 Å². The van der Waals surface area contributed by atoms with Crippen LogP contribution >= 0.6 is 0 Å². The number of aliphatic carboxylic acids is 4. The van der Waals surface area contributed by atoms with Gasteiger partial charge < -0.3 is 123 Å². The van der Waals surface area contributed by atoms with Gasteiger partial charge in [0, 0.05) is 95.0 Å². The summed E-state index contributed by atoms with van der Waals surface area (Å²) in [4.78, 5) is 231. The number of unbranched alkanes of at least 4 members (excludes halogenated alkanes) is 15. The summed E-state index contributed by atoms with van der Waals surface area (Å²) in [5.74, 6) is -16.0. The van der Waals surface area contributed by atoms with E-state index in [1.807, 2.05) is 0 Å². The fourth-order valence-electron chi connectivity index (χ4n) is 15.0. The first-order valence-electron chi connectivity index (χ1n) is 47.5. The lowest BCUT2D eigenvalue weighted by Gasteiger charge is -2.35. The molecular formula is C96H139N15O29S. The Hall–Kier alpha value is -13.2. The number of nitrogens with zero attached hydrogens (tertiary/aromatic N) is 2. The summed E-state index contributed by atoms with van der Waals surface area (Å²) >= 11 is 0. The molecule has 45 heteroatoms. The number of hydrogen-bond donors (Lipinski definition) is 18. The second-order valence-corrected chi connectivity index (χ2v) is 35.0. The number of carbonyl (C=O) groups is 17. The molecule has 1 heterocycles. The predicted octanol–water partition coefficient (Wildman–Crippen LogP) is 4.47. The smallest absolute Gasteiger partial charge is 0.446 e. The van der Waals surface area contributed by atoms with Crippen molar-refractivity contribution < 1.29 is 138 Å². The van der Waals surface area contributed by atoms with E-state index in [1.165, 1.54) is 44.9 Å².